The summed E-state index contributed by atoms with van der Waals surface area (Å²) >= 11 is 0. The van der Waals surface area contributed by atoms with Crippen LogP contribution in [-0.4, -0.2) is 41.3 Å². The Balaban J connectivity index is 2.16. The number of carbonyl (C=O) groups excluding carboxylic acids is 2. The van der Waals surface area contributed by atoms with E-state index in [1.807, 2.05) is 0 Å². The molecule has 1 saturated heterocycles. The third-order valence-electron chi connectivity index (χ3n) is 2.48. The van der Waals surface area contributed by atoms with E-state index in [9.17, 15) is 14.0 Å². The number of nitrogens with zero attached hydrogens (tertiary/aromatic N) is 2. The zero-order valence-corrected chi connectivity index (χ0v) is 9.15. The maximum absolute atomic E-state index is 12.9. The van der Waals surface area contributed by atoms with Gasteiger partial charge in [-0.15, -0.1) is 0 Å². The Hall–Kier alpha value is -1.98. The fourth-order valence-electron chi connectivity index (χ4n) is 1.67. The van der Waals surface area contributed by atoms with Crippen LogP contribution in [0.5, 0.6) is 0 Å². The zero-order chi connectivity index (χ0) is 12.3. The van der Waals surface area contributed by atoms with E-state index in [0.29, 0.717) is 19.5 Å². The number of hydrogen-bond acceptors (Lipinski definition) is 3. The zero-order valence-electron chi connectivity index (χ0n) is 9.15. The second kappa shape index (κ2) is 4.90. The van der Waals surface area contributed by atoms with Crippen LogP contribution >= 0.6 is 0 Å². The van der Waals surface area contributed by atoms with Gasteiger partial charge in [0, 0.05) is 13.1 Å². The first-order valence-corrected chi connectivity index (χ1v) is 5.35. The molecule has 2 amide bonds. The highest BCUT2D eigenvalue weighted by Crippen LogP contribution is 2.05. The molecule has 1 aromatic heterocycles. The molecule has 1 fully saturated rings. The monoisotopic (exact) mass is 237 g/mol. The van der Waals surface area contributed by atoms with Crippen molar-refractivity contribution < 1.29 is 14.0 Å². The van der Waals surface area contributed by atoms with Crippen LogP contribution < -0.4 is 5.32 Å². The number of carbonyl (C=O) groups is 2. The largest absolute Gasteiger partial charge is 0.354 e. The molecule has 0 spiro atoms. The minimum Gasteiger partial charge on any atom is -0.354 e. The van der Waals surface area contributed by atoms with Gasteiger partial charge >= 0.3 is 0 Å². The van der Waals surface area contributed by atoms with Crippen LogP contribution in [0, 0.1) is 5.95 Å². The lowest BCUT2D eigenvalue weighted by atomic mass is 10.3. The number of amides is 2. The van der Waals surface area contributed by atoms with Crippen LogP contribution in [-0.2, 0) is 4.79 Å². The Morgan fingerprint density at radius 1 is 1.47 bits per heavy atom. The second-order valence-corrected chi connectivity index (χ2v) is 3.78. The number of aromatic nitrogens is 1. The van der Waals surface area contributed by atoms with Gasteiger partial charge < -0.3 is 10.2 Å². The topological polar surface area (TPSA) is 62.3 Å². The van der Waals surface area contributed by atoms with E-state index in [1.165, 1.54) is 23.1 Å². The summed E-state index contributed by atoms with van der Waals surface area (Å²) in [6.45, 7) is 1.02. The molecule has 0 bridgehead atoms. The highest BCUT2D eigenvalue weighted by Gasteiger charge is 2.21. The van der Waals surface area contributed by atoms with E-state index in [2.05, 4.69) is 10.3 Å². The number of halogens is 1. The molecule has 2 heterocycles. The standard InChI is InChI=1S/C11H12FN3O2/c12-9-4-1-3-8(14-9)11(17)15-6-2-5-13-10(16)7-15/h1,3-4H,2,5-7H2,(H,13,16). The summed E-state index contributed by atoms with van der Waals surface area (Å²) in [4.78, 5) is 28.2. The summed E-state index contributed by atoms with van der Waals surface area (Å²) in [5, 5.41) is 2.66. The summed E-state index contributed by atoms with van der Waals surface area (Å²) < 4.78 is 12.9. The van der Waals surface area contributed by atoms with Crippen molar-refractivity contribution in [1.29, 1.82) is 0 Å². The van der Waals surface area contributed by atoms with E-state index in [0.717, 1.165) is 0 Å². The first-order chi connectivity index (χ1) is 8.16. The lowest BCUT2D eigenvalue weighted by Crippen LogP contribution is -2.37. The minimum absolute atomic E-state index is 0.00295. The van der Waals surface area contributed by atoms with Crippen molar-refractivity contribution in [3.63, 3.8) is 0 Å². The lowest BCUT2D eigenvalue weighted by molar-refractivity contribution is -0.121. The van der Waals surface area contributed by atoms with E-state index in [4.69, 9.17) is 0 Å². The predicted octanol–water partition coefficient (Wildman–Crippen LogP) is 0.183. The quantitative estimate of drug-likeness (QED) is 0.709. The molecule has 1 aliphatic rings. The average molecular weight is 237 g/mol. The molecule has 90 valence electrons. The molecular weight excluding hydrogens is 225 g/mol. The molecule has 0 unspecified atom stereocenters. The molecule has 0 radical (unpaired) electrons. The van der Waals surface area contributed by atoms with Gasteiger partial charge in [0.05, 0.1) is 6.54 Å². The van der Waals surface area contributed by atoms with Gasteiger partial charge in [-0.2, -0.15) is 4.39 Å². The van der Waals surface area contributed by atoms with Crippen molar-refractivity contribution in [2.75, 3.05) is 19.6 Å². The van der Waals surface area contributed by atoms with Crippen LogP contribution in [0.15, 0.2) is 18.2 Å². The number of rotatable bonds is 1. The fourth-order valence-corrected chi connectivity index (χ4v) is 1.67. The van der Waals surface area contributed by atoms with E-state index in [1.54, 1.807) is 0 Å². The third kappa shape index (κ3) is 2.77. The molecule has 5 nitrogen and oxygen atoms in total. The van der Waals surface area contributed by atoms with Gasteiger partial charge in [0.2, 0.25) is 11.9 Å². The summed E-state index contributed by atoms with van der Waals surface area (Å²) in [6.07, 6.45) is 0.687. The van der Waals surface area contributed by atoms with Gasteiger partial charge in [0.15, 0.2) is 0 Å². The van der Waals surface area contributed by atoms with Crippen molar-refractivity contribution in [2.24, 2.45) is 0 Å². The van der Waals surface area contributed by atoms with Crippen molar-refractivity contribution in [3.8, 4) is 0 Å². The van der Waals surface area contributed by atoms with Gasteiger partial charge in [0.1, 0.15) is 5.69 Å². The van der Waals surface area contributed by atoms with Crippen molar-refractivity contribution >= 4 is 11.8 Å². The van der Waals surface area contributed by atoms with E-state index < -0.39 is 11.9 Å². The van der Waals surface area contributed by atoms with Crippen LogP contribution in [0.25, 0.3) is 0 Å². The van der Waals surface area contributed by atoms with Gasteiger partial charge in [-0.05, 0) is 18.6 Å². The average Bonchev–Trinajstić information content (AvgIpc) is 2.53. The normalized spacial score (nSPS) is 16.3. The highest BCUT2D eigenvalue weighted by molar-refractivity contribution is 5.95. The first kappa shape index (κ1) is 11.5. The van der Waals surface area contributed by atoms with Crippen LogP contribution in [0.4, 0.5) is 4.39 Å². The van der Waals surface area contributed by atoms with Crippen molar-refractivity contribution in [1.82, 2.24) is 15.2 Å². The maximum atomic E-state index is 12.9. The smallest absolute Gasteiger partial charge is 0.273 e. The molecule has 0 saturated carbocycles. The van der Waals surface area contributed by atoms with Gasteiger partial charge in [-0.3, -0.25) is 9.59 Å². The Bertz CT molecular complexity index is 450. The lowest BCUT2D eigenvalue weighted by Gasteiger charge is -2.18. The molecule has 0 aromatic carbocycles. The molecule has 0 aliphatic carbocycles. The summed E-state index contributed by atoms with van der Waals surface area (Å²) in [5.74, 6) is -1.32. The highest BCUT2D eigenvalue weighted by atomic mass is 19.1. The molecule has 2 rings (SSSR count). The molecule has 1 N–H and O–H groups in total. The van der Waals surface area contributed by atoms with Gasteiger partial charge in [-0.1, -0.05) is 6.07 Å². The number of nitrogens with one attached hydrogen (secondary N) is 1. The maximum Gasteiger partial charge on any atom is 0.273 e. The molecule has 0 atom stereocenters. The van der Waals surface area contributed by atoms with Crippen LogP contribution in [0.1, 0.15) is 16.9 Å². The van der Waals surface area contributed by atoms with Crippen molar-refractivity contribution in [3.05, 3.63) is 29.8 Å². The number of pyridine rings is 1. The Labute approximate surface area is 97.6 Å². The minimum atomic E-state index is -0.699. The van der Waals surface area contributed by atoms with E-state index >= 15 is 0 Å². The second-order valence-electron chi connectivity index (χ2n) is 3.78. The molecular formula is C11H12FN3O2. The van der Waals surface area contributed by atoms with Gasteiger partial charge in [-0.25, -0.2) is 4.98 Å². The predicted molar refractivity (Wildman–Crippen MR) is 57.7 cm³/mol. The first-order valence-electron chi connectivity index (χ1n) is 5.35. The molecule has 6 heteroatoms. The SMILES string of the molecule is O=C1CN(C(=O)c2cccc(F)n2)CCCN1. The van der Waals surface area contributed by atoms with Crippen molar-refractivity contribution in [2.45, 2.75) is 6.42 Å². The van der Waals surface area contributed by atoms with E-state index in [-0.39, 0.29) is 18.1 Å². The Morgan fingerprint density at radius 2 is 2.29 bits per heavy atom. The summed E-state index contributed by atoms with van der Waals surface area (Å²) in [7, 11) is 0. The Morgan fingerprint density at radius 3 is 3.06 bits per heavy atom. The number of hydrogen-bond donors (Lipinski definition) is 1. The van der Waals surface area contributed by atoms with Crippen LogP contribution in [0.2, 0.25) is 0 Å². The van der Waals surface area contributed by atoms with Crippen LogP contribution in [0.3, 0.4) is 0 Å². The fraction of sp³-hybridized carbons (Fsp3) is 0.364. The Kier molecular flexibility index (Phi) is 3.32. The third-order valence-corrected chi connectivity index (χ3v) is 2.48. The molecule has 1 aliphatic heterocycles. The molecule has 17 heavy (non-hydrogen) atoms. The van der Waals surface area contributed by atoms with Gasteiger partial charge in [0.25, 0.3) is 5.91 Å². The summed E-state index contributed by atoms with van der Waals surface area (Å²) in [6, 6.07) is 4.04. The molecule has 1 aromatic rings. The summed E-state index contributed by atoms with van der Waals surface area (Å²) in [5.41, 5.74) is 0.0275.